The van der Waals surface area contributed by atoms with E-state index in [4.69, 9.17) is 4.84 Å². The van der Waals surface area contributed by atoms with Gasteiger partial charge in [-0.15, -0.1) is 11.3 Å². The first-order valence-electron chi connectivity index (χ1n) is 6.84. The van der Waals surface area contributed by atoms with Gasteiger partial charge in [-0.05, 0) is 19.1 Å². The number of carbonyl (C=O) groups excluding carboxylic acids is 1. The van der Waals surface area contributed by atoms with Gasteiger partial charge in [0.05, 0.1) is 17.0 Å². The lowest BCUT2D eigenvalue weighted by Crippen LogP contribution is -2.36. The molecule has 2 heterocycles. The Kier molecular flexibility index (Phi) is 4.08. The molecule has 120 valence electrons. The molecule has 1 aromatic heterocycles. The minimum absolute atomic E-state index is 0.00534. The van der Waals surface area contributed by atoms with E-state index in [0.29, 0.717) is 5.13 Å². The van der Waals surface area contributed by atoms with Crippen LogP contribution in [0, 0.1) is 18.6 Å². The molecule has 0 bridgehead atoms. The van der Waals surface area contributed by atoms with Gasteiger partial charge in [0, 0.05) is 18.8 Å². The lowest BCUT2D eigenvalue weighted by Gasteiger charge is -2.16. The predicted molar refractivity (Wildman–Crippen MR) is 82.6 cm³/mol. The Bertz CT molecular complexity index is 771. The quantitative estimate of drug-likeness (QED) is 0.865. The van der Waals surface area contributed by atoms with E-state index in [-0.39, 0.29) is 23.6 Å². The molecule has 0 aliphatic carbocycles. The monoisotopic (exact) mass is 337 g/mol. The number of oxime groups is 1. The van der Waals surface area contributed by atoms with E-state index in [1.807, 2.05) is 12.3 Å². The second-order valence-electron chi connectivity index (χ2n) is 5.10. The van der Waals surface area contributed by atoms with Crippen LogP contribution in [0.15, 0.2) is 28.7 Å². The van der Waals surface area contributed by atoms with Gasteiger partial charge in [0.1, 0.15) is 11.6 Å². The number of carbonyl (C=O) groups is 1. The molecule has 1 aliphatic rings. The molecule has 0 saturated heterocycles. The maximum Gasteiger partial charge on any atom is 0.272 e. The van der Waals surface area contributed by atoms with E-state index in [0.717, 1.165) is 17.8 Å². The number of halogens is 2. The van der Waals surface area contributed by atoms with E-state index in [1.165, 1.54) is 22.3 Å². The molecule has 0 N–H and O–H groups in total. The number of amides is 1. The molecular weight excluding hydrogens is 324 g/mol. The number of benzene rings is 1. The van der Waals surface area contributed by atoms with Crippen LogP contribution >= 0.6 is 11.3 Å². The molecule has 8 heteroatoms. The van der Waals surface area contributed by atoms with Crippen molar-refractivity contribution >= 4 is 28.1 Å². The molecule has 5 nitrogen and oxygen atoms in total. The van der Waals surface area contributed by atoms with Gasteiger partial charge in [0.2, 0.25) is 6.10 Å². The minimum Gasteiger partial charge on any atom is -0.382 e. The number of likely N-dealkylation sites (N-methyl/N-ethyl adjacent to an activating group) is 1. The molecule has 1 amide bonds. The molecule has 0 saturated carbocycles. The summed E-state index contributed by atoms with van der Waals surface area (Å²) in [5.74, 6) is -1.83. The Hall–Kier alpha value is -2.35. The summed E-state index contributed by atoms with van der Waals surface area (Å²) in [6, 6.07) is 3.55. The fourth-order valence-corrected chi connectivity index (χ4v) is 3.01. The average Bonchev–Trinajstić information content (AvgIpc) is 3.15. The Labute approximate surface area is 135 Å². The molecule has 0 unspecified atom stereocenters. The topological polar surface area (TPSA) is 54.8 Å². The van der Waals surface area contributed by atoms with Crippen LogP contribution < -0.4 is 4.90 Å². The summed E-state index contributed by atoms with van der Waals surface area (Å²) in [5, 5.41) is 6.04. The van der Waals surface area contributed by atoms with Crippen LogP contribution in [0.25, 0.3) is 0 Å². The van der Waals surface area contributed by atoms with Gasteiger partial charge < -0.3 is 4.84 Å². The predicted octanol–water partition coefficient (Wildman–Crippen LogP) is 2.89. The number of nitrogens with zero attached hydrogens (tertiary/aromatic N) is 3. The lowest BCUT2D eigenvalue weighted by atomic mass is 10.0. The van der Waals surface area contributed by atoms with Crippen molar-refractivity contribution in [2.45, 2.75) is 19.4 Å². The molecule has 0 radical (unpaired) electrons. The lowest BCUT2D eigenvalue weighted by molar-refractivity contribution is -0.128. The van der Waals surface area contributed by atoms with Gasteiger partial charge in [-0.2, -0.15) is 0 Å². The third-order valence-corrected chi connectivity index (χ3v) is 4.45. The third-order valence-electron chi connectivity index (χ3n) is 3.42. The first kappa shape index (κ1) is 15.5. The molecular formula is C15H13F2N3O2S. The van der Waals surface area contributed by atoms with Gasteiger partial charge in [-0.1, -0.05) is 11.2 Å². The number of hydrogen-bond donors (Lipinski definition) is 0. The fourth-order valence-electron chi connectivity index (χ4n) is 2.24. The zero-order chi connectivity index (χ0) is 16.6. The van der Waals surface area contributed by atoms with Crippen molar-refractivity contribution in [2.75, 3.05) is 11.9 Å². The van der Waals surface area contributed by atoms with E-state index >= 15 is 0 Å². The third kappa shape index (κ3) is 2.94. The largest absolute Gasteiger partial charge is 0.382 e. The average molecular weight is 337 g/mol. The number of rotatable bonds is 3. The van der Waals surface area contributed by atoms with Gasteiger partial charge in [0.15, 0.2) is 5.13 Å². The smallest absolute Gasteiger partial charge is 0.272 e. The summed E-state index contributed by atoms with van der Waals surface area (Å²) in [6.45, 7) is 1.83. The van der Waals surface area contributed by atoms with E-state index in [1.54, 1.807) is 7.05 Å². The Balaban J connectivity index is 1.75. The standard InChI is InChI=1S/C15H13F2N3O2S/c1-8-7-23-15(18-8)20(2)14(21)12-6-11(19-22-12)13-9(16)4-3-5-10(13)17/h3-5,7,12H,6H2,1-2H3/t12-/m1/s1. The molecule has 23 heavy (non-hydrogen) atoms. The molecule has 2 aromatic rings. The van der Waals surface area contributed by atoms with E-state index in [2.05, 4.69) is 10.1 Å². The molecule has 1 atom stereocenters. The highest BCUT2D eigenvalue weighted by atomic mass is 32.1. The molecule has 0 spiro atoms. The zero-order valence-electron chi connectivity index (χ0n) is 12.4. The maximum absolute atomic E-state index is 13.8. The van der Waals surface area contributed by atoms with Gasteiger partial charge in [-0.3, -0.25) is 9.69 Å². The number of aryl methyl sites for hydroxylation is 1. The van der Waals surface area contributed by atoms with Crippen molar-refractivity contribution in [3.63, 3.8) is 0 Å². The Morgan fingerprint density at radius 1 is 1.39 bits per heavy atom. The second-order valence-corrected chi connectivity index (χ2v) is 5.94. The summed E-state index contributed by atoms with van der Waals surface area (Å²) in [6.07, 6.45) is -0.913. The number of hydrogen-bond acceptors (Lipinski definition) is 5. The van der Waals surface area contributed by atoms with Crippen molar-refractivity contribution in [3.8, 4) is 0 Å². The van der Waals surface area contributed by atoms with Crippen LogP contribution in [0.2, 0.25) is 0 Å². The summed E-state index contributed by atoms with van der Waals surface area (Å²) in [5.41, 5.74) is 0.639. The van der Waals surface area contributed by atoms with E-state index < -0.39 is 17.7 Å². The number of aromatic nitrogens is 1. The molecule has 0 fully saturated rings. The van der Waals surface area contributed by atoms with Gasteiger partial charge in [0.25, 0.3) is 5.91 Å². The summed E-state index contributed by atoms with van der Waals surface area (Å²) < 4.78 is 27.6. The first-order chi connectivity index (χ1) is 11.0. The van der Waals surface area contributed by atoms with Crippen LogP contribution in [0.1, 0.15) is 17.7 Å². The number of thiazole rings is 1. The van der Waals surface area contributed by atoms with Crippen molar-refractivity contribution in [2.24, 2.45) is 5.16 Å². The Morgan fingerprint density at radius 2 is 2.09 bits per heavy atom. The van der Waals surface area contributed by atoms with Crippen molar-refractivity contribution < 1.29 is 18.4 Å². The highest BCUT2D eigenvalue weighted by molar-refractivity contribution is 7.14. The van der Waals surface area contributed by atoms with E-state index in [9.17, 15) is 13.6 Å². The summed E-state index contributed by atoms with van der Waals surface area (Å²) in [7, 11) is 1.58. The molecule has 1 aliphatic heterocycles. The van der Waals surface area contributed by atoms with Crippen LogP contribution in [0.5, 0.6) is 0 Å². The molecule has 1 aromatic carbocycles. The van der Waals surface area contributed by atoms with Crippen LogP contribution in [0.4, 0.5) is 13.9 Å². The first-order valence-corrected chi connectivity index (χ1v) is 7.72. The minimum atomic E-state index is -0.918. The Morgan fingerprint density at radius 3 is 2.70 bits per heavy atom. The van der Waals surface area contributed by atoms with Gasteiger partial charge in [-0.25, -0.2) is 13.8 Å². The zero-order valence-corrected chi connectivity index (χ0v) is 13.2. The second kappa shape index (κ2) is 6.04. The van der Waals surface area contributed by atoms with Crippen LogP contribution in [0.3, 0.4) is 0 Å². The van der Waals surface area contributed by atoms with Crippen molar-refractivity contribution in [1.82, 2.24) is 4.98 Å². The fraction of sp³-hybridized carbons (Fsp3) is 0.267. The summed E-state index contributed by atoms with van der Waals surface area (Å²) >= 11 is 1.33. The van der Waals surface area contributed by atoms with Crippen LogP contribution in [-0.2, 0) is 9.63 Å². The highest BCUT2D eigenvalue weighted by Crippen LogP contribution is 2.25. The van der Waals surface area contributed by atoms with Gasteiger partial charge >= 0.3 is 0 Å². The van der Waals surface area contributed by atoms with Crippen molar-refractivity contribution in [1.29, 1.82) is 0 Å². The normalized spacial score (nSPS) is 16.9. The SMILES string of the molecule is Cc1csc(N(C)C(=O)[C@H]2CC(c3c(F)cccc3F)=NO2)n1. The highest BCUT2D eigenvalue weighted by Gasteiger charge is 2.34. The maximum atomic E-state index is 13.8. The van der Waals surface area contributed by atoms with Crippen LogP contribution in [-0.4, -0.2) is 29.8 Å². The summed E-state index contributed by atoms with van der Waals surface area (Å²) in [4.78, 5) is 23.1. The molecule has 3 rings (SSSR count). The number of anilines is 1. The van der Waals surface area contributed by atoms with Crippen molar-refractivity contribution in [3.05, 3.63) is 46.5 Å².